The molecular formula is C18H19N3O3. The summed E-state index contributed by atoms with van der Waals surface area (Å²) in [4.78, 5) is 24.0. The number of oxazole rings is 1. The fourth-order valence-corrected chi connectivity index (χ4v) is 2.60. The molecule has 0 saturated heterocycles. The zero-order valence-electron chi connectivity index (χ0n) is 13.8. The minimum absolute atomic E-state index is 0.00177. The van der Waals surface area contributed by atoms with E-state index in [0.29, 0.717) is 16.8 Å². The van der Waals surface area contributed by atoms with Crippen LogP contribution in [-0.2, 0) is 0 Å². The van der Waals surface area contributed by atoms with Crippen LogP contribution in [0.4, 0.5) is 16.2 Å². The number of benzene rings is 2. The van der Waals surface area contributed by atoms with Gasteiger partial charge in [-0.25, -0.2) is 9.59 Å². The predicted molar refractivity (Wildman–Crippen MR) is 94.7 cm³/mol. The van der Waals surface area contributed by atoms with E-state index in [4.69, 9.17) is 4.42 Å². The number of hydrogen-bond acceptors (Lipinski definition) is 3. The van der Waals surface area contributed by atoms with Gasteiger partial charge in [0.05, 0.1) is 5.52 Å². The Balaban J connectivity index is 1.82. The summed E-state index contributed by atoms with van der Waals surface area (Å²) in [6, 6.07) is 12.3. The summed E-state index contributed by atoms with van der Waals surface area (Å²) in [6.45, 7) is 5.75. The highest BCUT2D eigenvalue weighted by Crippen LogP contribution is 2.21. The van der Waals surface area contributed by atoms with E-state index in [2.05, 4.69) is 10.6 Å². The minimum atomic E-state index is -0.401. The number of carbonyl (C=O) groups is 1. The molecule has 0 unspecified atom stereocenters. The summed E-state index contributed by atoms with van der Waals surface area (Å²) >= 11 is 0. The van der Waals surface area contributed by atoms with Crippen LogP contribution >= 0.6 is 0 Å². The third kappa shape index (κ3) is 3.03. The SMILES string of the molecule is Cc1ccccc1NC(=O)Nc1ccc2c(c1)oc(=O)n2C(C)C. The molecule has 6 heteroatoms. The Morgan fingerprint density at radius 2 is 1.88 bits per heavy atom. The van der Waals surface area contributed by atoms with E-state index in [0.717, 1.165) is 11.3 Å². The quantitative estimate of drug-likeness (QED) is 0.760. The van der Waals surface area contributed by atoms with Crippen LogP contribution in [0.2, 0.25) is 0 Å². The molecule has 0 aliphatic rings. The van der Waals surface area contributed by atoms with E-state index in [-0.39, 0.29) is 12.1 Å². The molecule has 0 spiro atoms. The molecule has 6 nitrogen and oxygen atoms in total. The maximum Gasteiger partial charge on any atom is 0.420 e. The van der Waals surface area contributed by atoms with Crippen molar-refractivity contribution in [3.05, 3.63) is 58.6 Å². The highest BCUT2D eigenvalue weighted by Gasteiger charge is 2.13. The number of urea groups is 1. The monoisotopic (exact) mass is 325 g/mol. The normalized spacial score (nSPS) is 11.0. The fourth-order valence-electron chi connectivity index (χ4n) is 2.60. The van der Waals surface area contributed by atoms with Crippen LogP contribution in [0.3, 0.4) is 0 Å². The molecule has 3 aromatic rings. The molecule has 2 amide bonds. The van der Waals surface area contributed by atoms with Gasteiger partial charge >= 0.3 is 11.8 Å². The van der Waals surface area contributed by atoms with Crippen LogP contribution in [0.1, 0.15) is 25.5 Å². The standard InChI is InChI=1S/C18H19N3O3/c1-11(2)21-15-9-8-13(10-16(15)24-18(21)23)19-17(22)20-14-7-5-4-6-12(14)3/h4-11H,1-3H3,(H2,19,20,22). The molecule has 0 saturated carbocycles. The second kappa shape index (κ2) is 6.23. The van der Waals surface area contributed by atoms with Gasteiger partial charge < -0.3 is 15.1 Å². The fraction of sp³-hybridized carbons (Fsp3) is 0.222. The van der Waals surface area contributed by atoms with Crippen molar-refractivity contribution in [3.8, 4) is 0 Å². The van der Waals surface area contributed by atoms with Crippen LogP contribution in [0.25, 0.3) is 11.1 Å². The van der Waals surface area contributed by atoms with Crippen molar-refractivity contribution in [2.75, 3.05) is 10.6 Å². The molecule has 0 aliphatic heterocycles. The summed E-state index contributed by atoms with van der Waals surface area (Å²) in [6.07, 6.45) is 0. The number of aromatic nitrogens is 1. The van der Waals surface area contributed by atoms with Crippen molar-refractivity contribution >= 4 is 28.5 Å². The molecule has 0 atom stereocenters. The van der Waals surface area contributed by atoms with Crippen LogP contribution in [0.15, 0.2) is 51.7 Å². The first-order chi connectivity index (χ1) is 11.5. The third-order valence-electron chi connectivity index (χ3n) is 3.78. The first kappa shape index (κ1) is 15.9. The van der Waals surface area contributed by atoms with Crippen LogP contribution < -0.4 is 16.4 Å². The molecule has 0 bridgehead atoms. The lowest BCUT2D eigenvalue weighted by atomic mass is 10.2. The Morgan fingerprint density at radius 3 is 2.58 bits per heavy atom. The van der Waals surface area contributed by atoms with E-state index >= 15 is 0 Å². The van der Waals surface area contributed by atoms with E-state index in [1.165, 1.54) is 0 Å². The van der Waals surface area contributed by atoms with Gasteiger partial charge in [-0.05, 0) is 44.5 Å². The number of aryl methyl sites for hydroxylation is 1. The minimum Gasteiger partial charge on any atom is -0.408 e. The number of amides is 2. The Morgan fingerprint density at radius 1 is 1.12 bits per heavy atom. The molecule has 0 fully saturated rings. The number of hydrogen-bond donors (Lipinski definition) is 2. The second-order valence-electron chi connectivity index (χ2n) is 5.91. The Kier molecular flexibility index (Phi) is 4.12. The maximum atomic E-state index is 12.1. The number of nitrogens with zero attached hydrogens (tertiary/aromatic N) is 1. The van der Waals surface area contributed by atoms with Crippen LogP contribution in [-0.4, -0.2) is 10.6 Å². The maximum absolute atomic E-state index is 12.1. The van der Waals surface area contributed by atoms with Crippen molar-refractivity contribution in [1.82, 2.24) is 4.57 Å². The van der Waals surface area contributed by atoms with Gasteiger partial charge in [0.1, 0.15) is 0 Å². The Bertz CT molecular complexity index is 954. The molecule has 0 radical (unpaired) electrons. The molecule has 0 aliphatic carbocycles. The highest BCUT2D eigenvalue weighted by molar-refractivity contribution is 6.01. The van der Waals surface area contributed by atoms with Crippen molar-refractivity contribution in [1.29, 1.82) is 0 Å². The van der Waals surface area contributed by atoms with Gasteiger partial charge in [0.25, 0.3) is 0 Å². The molecule has 2 aromatic carbocycles. The molecule has 24 heavy (non-hydrogen) atoms. The van der Waals surface area contributed by atoms with E-state index in [1.807, 2.05) is 45.0 Å². The summed E-state index contributed by atoms with van der Waals surface area (Å²) in [5.41, 5.74) is 3.43. The van der Waals surface area contributed by atoms with Gasteiger partial charge in [-0.1, -0.05) is 18.2 Å². The van der Waals surface area contributed by atoms with Crippen LogP contribution in [0.5, 0.6) is 0 Å². The lowest BCUT2D eigenvalue weighted by Gasteiger charge is -2.10. The zero-order chi connectivity index (χ0) is 17.3. The number of anilines is 2. The second-order valence-corrected chi connectivity index (χ2v) is 5.91. The lowest BCUT2D eigenvalue weighted by Crippen LogP contribution is -2.19. The molecule has 1 aromatic heterocycles. The first-order valence-corrected chi connectivity index (χ1v) is 7.74. The number of carbonyl (C=O) groups excluding carboxylic acids is 1. The first-order valence-electron chi connectivity index (χ1n) is 7.74. The van der Waals surface area contributed by atoms with Gasteiger partial charge in [0.2, 0.25) is 0 Å². The summed E-state index contributed by atoms with van der Waals surface area (Å²) in [5, 5.41) is 5.54. The smallest absolute Gasteiger partial charge is 0.408 e. The Labute approximate surface area is 139 Å². The molecule has 2 N–H and O–H groups in total. The number of nitrogens with one attached hydrogen (secondary N) is 2. The number of rotatable bonds is 3. The highest BCUT2D eigenvalue weighted by atomic mass is 16.4. The molecule has 124 valence electrons. The largest absolute Gasteiger partial charge is 0.420 e. The number of para-hydroxylation sites is 1. The van der Waals surface area contributed by atoms with Crippen LogP contribution in [0, 0.1) is 6.92 Å². The van der Waals surface area contributed by atoms with Crippen molar-refractivity contribution in [3.63, 3.8) is 0 Å². The zero-order valence-corrected chi connectivity index (χ0v) is 13.8. The van der Waals surface area contributed by atoms with E-state index < -0.39 is 5.76 Å². The molecular weight excluding hydrogens is 306 g/mol. The number of fused-ring (bicyclic) bond motifs is 1. The average Bonchev–Trinajstić information content (AvgIpc) is 2.84. The van der Waals surface area contributed by atoms with Crippen molar-refractivity contribution < 1.29 is 9.21 Å². The summed E-state index contributed by atoms with van der Waals surface area (Å²) < 4.78 is 6.83. The van der Waals surface area contributed by atoms with Gasteiger partial charge in [0, 0.05) is 23.5 Å². The molecule has 3 rings (SSSR count). The third-order valence-corrected chi connectivity index (χ3v) is 3.78. The van der Waals surface area contributed by atoms with Crippen molar-refractivity contribution in [2.45, 2.75) is 26.8 Å². The topological polar surface area (TPSA) is 76.3 Å². The molecule has 1 heterocycles. The van der Waals surface area contributed by atoms with Gasteiger partial charge in [-0.2, -0.15) is 0 Å². The lowest BCUT2D eigenvalue weighted by molar-refractivity contribution is 0.262. The van der Waals surface area contributed by atoms with Crippen molar-refractivity contribution in [2.24, 2.45) is 0 Å². The van der Waals surface area contributed by atoms with Gasteiger partial charge in [-0.15, -0.1) is 0 Å². The van der Waals surface area contributed by atoms with Gasteiger partial charge in [-0.3, -0.25) is 4.57 Å². The predicted octanol–water partition coefficient (Wildman–Crippen LogP) is 4.13. The average molecular weight is 325 g/mol. The van der Waals surface area contributed by atoms with E-state index in [9.17, 15) is 9.59 Å². The Hall–Kier alpha value is -3.02. The summed E-state index contributed by atoms with van der Waals surface area (Å²) in [7, 11) is 0. The van der Waals surface area contributed by atoms with Gasteiger partial charge in [0.15, 0.2) is 5.58 Å². The van der Waals surface area contributed by atoms with E-state index in [1.54, 1.807) is 22.8 Å². The summed E-state index contributed by atoms with van der Waals surface area (Å²) in [5.74, 6) is -0.401.